The lowest BCUT2D eigenvalue weighted by Gasteiger charge is -2.30. The minimum Gasteiger partial charge on any atom is -0.497 e. The number of nitrogens with zero attached hydrogens (tertiary/aromatic N) is 2. The average molecular weight is 316 g/mol. The number of nitrogens with one attached hydrogen (secondary N) is 2. The van der Waals surface area contributed by atoms with E-state index in [2.05, 4.69) is 15.3 Å². The monoisotopic (exact) mass is 316 g/mol. The number of hydrogen-bond donors (Lipinski definition) is 2. The minimum atomic E-state index is -0.276. The molecule has 23 heavy (non-hydrogen) atoms. The van der Waals surface area contributed by atoms with Gasteiger partial charge in [0.2, 0.25) is 5.91 Å². The summed E-state index contributed by atoms with van der Waals surface area (Å²) in [5.41, 5.74) is 2.61. The highest BCUT2D eigenvalue weighted by molar-refractivity contribution is 5.96. The molecule has 0 bridgehead atoms. The van der Waals surface area contributed by atoms with Gasteiger partial charge < -0.3 is 19.8 Å². The van der Waals surface area contributed by atoms with Crippen LogP contribution in [0.4, 0.5) is 5.69 Å². The summed E-state index contributed by atoms with van der Waals surface area (Å²) in [6.45, 7) is 0.669. The van der Waals surface area contributed by atoms with Crippen molar-refractivity contribution in [2.24, 2.45) is 0 Å². The SMILES string of the molecule is COc1ccc(OC)c(NC(=O)C2Cc3nc[nH]c3CN2C)c1. The number of ether oxygens (including phenoxy) is 2. The number of hydrogen-bond acceptors (Lipinski definition) is 5. The van der Waals surface area contributed by atoms with E-state index in [0.29, 0.717) is 30.2 Å². The van der Waals surface area contributed by atoms with Crippen molar-refractivity contribution in [2.45, 2.75) is 19.0 Å². The van der Waals surface area contributed by atoms with Crippen molar-refractivity contribution >= 4 is 11.6 Å². The van der Waals surface area contributed by atoms with E-state index >= 15 is 0 Å². The van der Waals surface area contributed by atoms with Gasteiger partial charge in [-0.2, -0.15) is 0 Å². The molecule has 2 heterocycles. The molecule has 0 spiro atoms. The summed E-state index contributed by atoms with van der Waals surface area (Å²) in [5, 5.41) is 2.94. The number of anilines is 1. The highest BCUT2D eigenvalue weighted by Gasteiger charge is 2.31. The first-order chi connectivity index (χ1) is 11.1. The van der Waals surface area contributed by atoms with Gasteiger partial charge in [0, 0.05) is 19.0 Å². The number of carbonyl (C=O) groups excluding carboxylic acids is 1. The van der Waals surface area contributed by atoms with Gasteiger partial charge in [-0.3, -0.25) is 9.69 Å². The molecule has 0 fully saturated rings. The number of aromatic nitrogens is 2. The molecular weight excluding hydrogens is 296 g/mol. The van der Waals surface area contributed by atoms with Crippen molar-refractivity contribution in [3.63, 3.8) is 0 Å². The first kappa shape index (κ1) is 15.4. The molecule has 2 N–H and O–H groups in total. The fraction of sp³-hybridized carbons (Fsp3) is 0.375. The van der Waals surface area contributed by atoms with Gasteiger partial charge in [-0.05, 0) is 19.2 Å². The standard InChI is InChI=1S/C16H20N4O3/c1-20-8-13-11(17-9-18-13)7-14(20)16(21)19-12-6-10(22-2)4-5-15(12)23-3/h4-6,9,14H,7-8H2,1-3H3,(H,17,18)(H,19,21). The van der Waals surface area contributed by atoms with Crippen molar-refractivity contribution < 1.29 is 14.3 Å². The van der Waals surface area contributed by atoms with Crippen molar-refractivity contribution in [3.8, 4) is 11.5 Å². The summed E-state index contributed by atoms with van der Waals surface area (Å²) < 4.78 is 10.5. The predicted octanol–water partition coefficient (Wildman–Crippen LogP) is 1.42. The summed E-state index contributed by atoms with van der Waals surface area (Å²) in [4.78, 5) is 22.1. The molecule has 0 saturated carbocycles. The summed E-state index contributed by atoms with van der Waals surface area (Å²) >= 11 is 0. The van der Waals surface area contributed by atoms with Crippen LogP contribution in [-0.2, 0) is 17.8 Å². The van der Waals surface area contributed by atoms with Crippen LogP contribution in [0.5, 0.6) is 11.5 Å². The number of fused-ring (bicyclic) bond motifs is 1. The van der Waals surface area contributed by atoms with E-state index in [-0.39, 0.29) is 11.9 Å². The van der Waals surface area contributed by atoms with Crippen molar-refractivity contribution in [1.29, 1.82) is 0 Å². The van der Waals surface area contributed by atoms with Crippen LogP contribution in [0.15, 0.2) is 24.5 Å². The lowest BCUT2D eigenvalue weighted by molar-refractivity contribution is -0.121. The molecule has 122 valence electrons. The third-order valence-electron chi connectivity index (χ3n) is 4.10. The van der Waals surface area contributed by atoms with E-state index in [1.807, 2.05) is 11.9 Å². The smallest absolute Gasteiger partial charge is 0.242 e. The quantitative estimate of drug-likeness (QED) is 0.892. The lowest BCUT2D eigenvalue weighted by Crippen LogP contribution is -2.45. The number of H-pyrrole nitrogens is 1. The summed E-state index contributed by atoms with van der Waals surface area (Å²) in [7, 11) is 5.08. The fourth-order valence-corrected chi connectivity index (χ4v) is 2.78. The summed E-state index contributed by atoms with van der Waals surface area (Å²) in [6.07, 6.45) is 2.25. The Morgan fingerprint density at radius 2 is 2.22 bits per heavy atom. The summed E-state index contributed by atoms with van der Waals surface area (Å²) in [6, 6.07) is 5.03. The maximum Gasteiger partial charge on any atom is 0.242 e. The van der Waals surface area contributed by atoms with Gasteiger partial charge in [0.05, 0.1) is 43.7 Å². The predicted molar refractivity (Wildman–Crippen MR) is 85.7 cm³/mol. The second-order valence-corrected chi connectivity index (χ2v) is 5.52. The number of carbonyl (C=O) groups is 1. The first-order valence-electron chi connectivity index (χ1n) is 7.36. The summed E-state index contributed by atoms with van der Waals surface area (Å²) in [5.74, 6) is 1.17. The Labute approximate surface area is 134 Å². The molecule has 1 aliphatic rings. The largest absolute Gasteiger partial charge is 0.497 e. The number of rotatable bonds is 4. The van der Waals surface area contributed by atoms with Gasteiger partial charge in [-0.25, -0.2) is 4.98 Å². The van der Waals surface area contributed by atoms with Crippen LogP contribution >= 0.6 is 0 Å². The second-order valence-electron chi connectivity index (χ2n) is 5.52. The van der Waals surface area contributed by atoms with E-state index in [0.717, 1.165) is 11.4 Å². The average Bonchev–Trinajstić information content (AvgIpc) is 3.00. The van der Waals surface area contributed by atoms with Gasteiger partial charge >= 0.3 is 0 Å². The van der Waals surface area contributed by atoms with E-state index in [9.17, 15) is 4.79 Å². The molecule has 1 aliphatic heterocycles. The Kier molecular flexibility index (Phi) is 4.20. The molecule has 0 aliphatic carbocycles. The zero-order chi connectivity index (χ0) is 16.4. The Morgan fingerprint density at radius 3 is 2.96 bits per heavy atom. The number of aromatic amines is 1. The van der Waals surface area contributed by atoms with Gasteiger partial charge in [0.25, 0.3) is 0 Å². The molecule has 0 saturated heterocycles. The number of benzene rings is 1. The molecule has 1 unspecified atom stereocenters. The van der Waals surface area contributed by atoms with Crippen molar-refractivity contribution in [3.05, 3.63) is 35.9 Å². The molecule has 7 nitrogen and oxygen atoms in total. The minimum absolute atomic E-state index is 0.0901. The number of imidazole rings is 1. The normalized spacial score (nSPS) is 17.4. The Morgan fingerprint density at radius 1 is 1.39 bits per heavy atom. The molecule has 1 amide bonds. The van der Waals surface area contributed by atoms with Crippen LogP contribution in [0.1, 0.15) is 11.4 Å². The van der Waals surface area contributed by atoms with Crippen LogP contribution in [-0.4, -0.2) is 48.1 Å². The Balaban J connectivity index is 1.79. The number of methoxy groups -OCH3 is 2. The van der Waals surface area contributed by atoms with E-state index in [1.165, 1.54) is 0 Å². The molecule has 1 aromatic carbocycles. The molecule has 1 aromatic heterocycles. The Hall–Kier alpha value is -2.54. The van der Waals surface area contributed by atoms with Crippen LogP contribution < -0.4 is 14.8 Å². The van der Waals surface area contributed by atoms with E-state index < -0.39 is 0 Å². The topological polar surface area (TPSA) is 79.5 Å². The van der Waals surface area contributed by atoms with Crippen LogP contribution in [0.2, 0.25) is 0 Å². The van der Waals surface area contributed by atoms with Crippen LogP contribution in [0.25, 0.3) is 0 Å². The third kappa shape index (κ3) is 3.00. The second kappa shape index (κ2) is 6.29. The molecule has 2 aromatic rings. The number of likely N-dealkylation sites (N-methyl/N-ethyl adjacent to an activating group) is 1. The molecule has 7 heteroatoms. The van der Waals surface area contributed by atoms with Crippen LogP contribution in [0.3, 0.4) is 0 Å². The van der Waals surface area contributed by atoms with E-state index in [4.69, 9.17) is 9.47 Å². The molecular formula is C16H20N4O3. The van der Waals surface area contributed by atoms with Crippen molar-refractivity contribution in [1.82, 2.24) is 14.9 Å². The van der Waals surface area contributed by atoms with Gasteiger partial charge in [0.15, 0.2) is 0 Å². The lowest BCUT2D eigenvalue weighted by atomic mass is 10.0. The zero-order valence-corrected chi connectivity index (χ0v) is 13.4. The van der Waals surface area contributed by atoms with Crippen LogP contribution in [0, 0.1) is 0 Å². The van der Waals surface area contributed by atoms with Gasteiger partial charge in [-0.15, -0.1) is 0 Å². The highest BCUT2D eigenvalue weighted by Crippen LogP contribution is 2.29. The fourth-order valence-electron chi connectivity index (χ4n) is 2.78. The molecule has 3 rings (SSSR count). The van der Waals surface area contributed by atoms with Gasteiger partial charge in [-0.1, -0.05) is 0 Å². The maximum atomic E-state index is 12.7. The van der Waals surface area contributed by atoms with Crippen molar-refractivity contribution in [2.75, 3.05) is 26.6 Å². The Bertz CT molecular complexity index is 713. The highest BCUT2D eigenvalue weighted by atomic mass is 16.5. The van der Waals surface area contributed by atoms with Gasteiger partial charge in [0.1, 0.15) is 11.5 Å². The first-order valence-corrected chi connectivity index (χ1v) is 7.36. The van der Waals surface area contributed by atoms with E-state index in [1.54, 1.807) is 38.7 Å². The number of amides is 1. The molecule has 0 radical (unpaired) electrons. The third-order valence-corrected chi connectivity index (χ3v) is 4.10. The zero-order valence-electron chi connectivity index (χ0n) is 13.4. The molecule has 1 atom stereocenters. The maximum absolute atomic E-state index is 12.7.